The first kappa shape index (κ1) is 11.5. The van der Waals surface area contributed by atoms with Crippen molar-refractivity contribution in [3.8, 4) is 0 Å². The zero-order chi connectivity index (χ0) is 10.6. The Kier molecular flexibility index (Phi) is 3.92. The first-order chi connectivity index (χ1) is 6.54. The van der Waals surface area contributed by atoms with Crippen molar-refractivity contribution in [1.82, 2.24) is 0 Å². The molecule has 0 heterocycles. The van der Waals surface area contributed by atoms with E-state index >= 15 is 0 Å². The number of ether oxygens (including phenoxy) is 1. The van der Waals surface area contributed by atoms with Crippen LogP contribution in [-0.2, 0) is 20.4 Å². The predicted octanol–water partition coefficient (Wildman–Crippen LogP) is 2.15. The van der Waals surface area contributed by atoms with Gasteiger partial charge in [0, 0.05) is 17.3 Å². The third-order valence-electron chi connectivity index (χ3n) is 1.65. The van der Waals surface area contributed by atoms with Crippen LogP contribution in [0.5, 0.6) is 0 Å². The summed E-state index contributed by atoms with van der Waals surface area (Å²) in [6.07, 6.45) is 0. The number of benzene rings is 1. The molecule has 78 valence electrons. The van der Waals surface area contributed by atoms with Crippen molar-refractivity contribution < 1.29 is 13.2 Å². The number of hydrogen-bond acceptors (Lipinski definition) is 3. The number of rotatable bonds is 4. The van der Waals surface area contributed by atoms with Gasteiger partial charge < -0.3 is 4.74 Å². The van der Waals surface area contributed by atoms with Crippen LogP contribution in [0.15, 0.2) is 29.2 Å². The lowest BCUT2D eigenvalue weighted by Crippen LogP contribution is -1.95. The molecule has 0 saturated carbocycles. The van der Waals surface area contributed by atoms with Crippen LogP contribution >= 0.6 is 10.7 Å². The van der Waals surface area contributed by atoms with Crippen molar-refractivity contribution in [3.63, 3.8) is 0 Å². The van der Waals surface area contributed by atoms with Crippen molar-refractivity contribution in [2.75, 3.05) is 6.61 Å². The molecule has 0 aromatic heterocycles. The van der Waals surface area contributed by atoms with Gasteiger partial charge in [0.2, 0.25) is 0 Å². The van der Waals surface area contributed by atoms with E-state index in [0.29, 0.717) is 13.2 Å². The molecule has 5 heteroatoms. The molecule has 0 fully saturated rings. The van der Waals surface area contributed by atoms with Crippen LogP contribution in [0.2, 0.25) is 0 Å². The lowest BCUT2D eigenvalue weighted by molar-refractivity contribution is 0.134. The quantitative estimate of drug-likeness (QED) is 0.750. The summed E-state index contributed by atoms with van der Waals surface area (Å²) in [6.45, 7) is 2.87. The summed E-state index contributed by atoms with van der Waals surface area (Å²) >= 11 is 0. The summed E-state index contributed by atoms with van der Waals surface area (Å²) < 4.78 is 27.1. The van der Waals surface area contributed by atoms with Crippen LogP contribution in [-0.4, -0.2) is 15.0 Å². The van der Waals surface area contributed by atoms with Gasteiger partial charge in [-0.15, -0.1) is 0 Å². The molecule has 0 bridgehead atoms. The average Bonchev–Trinajstić information content (AvgIpc) is 2.14. The SMILES string of the molecule is CCOCc1cccc(S(=O)(=O)Cl)c1. The molecule has 0 aliphatic rings. The van der Waals surface area contributed by atoms with Gasteiger partial charge in [0.15, 0.2) is 0 Å². The van der Waals surface area contributed by atoms with E-state index < -0.39 is 9.05 Å². The molecule has 1 aromatic carbocycles. The van der Waals surface area contributed by atoms with Crippen molar-refractivity contribution >= 4 is 19.7 Å². The molecule has 0 amide bonds. The van der Waals surface area contributed by atoms with E-state index in [1.54, 1.807) is 12.1 Å². The molecule has 0 unspecified atom stereocenters. The first-order valence-electron chi connectivity index (χ1n) is 4.15. The first-order valence-corrected chi connectivity index (χ1v) is 6.46. The summed E-state index contributed by atoms with van der Waals surface area (Å²) in [5.74, 6) is 0. The maximum absolute atomic E-state index is 11.0. The van der Waals surface area contributed by atoms with Gasteiger partial charge in [-0.3, -0.25) is 0 Å². The topological polar surface area (TPSA) is 43.4 Å². The molecule has 1 aromatic rings. The standard InChI is InChI=1S/C9H11ClO3S/c1-2-13-7-8-4-3-5-9(6-8)14(10,11)12/h3-6H,2,7H2,1H3. The van der Waals surface area contributed by atoms with Crippen molar-refractivity contribution in [2.24, 2.45) is 0 Å². The van der Waals surface area contributed by atoms with Gasteiger partial charge in [0.25, 0.3) is 9.05 Å². The Balaban J connectivity index is 2.90. The highest BCUT2D eigenvalue weighted by Crippen LogP contribution is 2.16. The highest BCUT2D eigenvalue weighted by atomic mass is 35.7. The highest BCUT2D eigenvalue weighted by Gasteiger charge is 2.09. The second-order valence-electron chi connectivity index (χ2n) is 2.72. The van der Waals surface area contributed by atoms with E-state index in [0.717, 1.165) is 5.56 Å². The third-order valence-corrected chi connectivity index (χ3v) is 3.00. The lowest BCUT2D eigenvalue weighted by atomic mass is 10.2. The van der Waals surface area contributed by atoms with Crippen molar-refractivity contribution in [3.05, 3.63) is 29.8 Å². The summed E-state index contributed by atoms with van der Waals surface area (Å²) in [7, 11) is 1.56. The van der Waals surface area contributed by atoms with Crippen molar-refractivity contribution in [1.29, 1.82) is 0 Å². The lowest BCUT2D eigenvalue weighted by Gasteiger charge is -2.02. The fraction of sp³-hybridized carbons (Fsp3) is 0.333. The van der Waals surface area contributed by atoms with Crippen LogP contribution < -0.4 is 0 Å². The van der Waals surface area contributed by atoms with E-state index in [4.69, 9.17) is 15.4 Å². The summed E-state index contributed by atoms with van der Waals surface area (Å²) in [6, 6.07) is 6.40. The van der Waals surface area contributed by atoms with E-state index in [2.05, 4.69) is 0 Å². The van der Waals surface area contributed by atoms with Crippen LogP contribution in [0, 0.1) is 0 Å². The smallest absolute Gasteiger partial charge is 0.261 e. The Bertz CT molecular complexity index is 400. The van der Waals surface area contributed by atoms with Gasteiger partial charge in [0.05, 0.1) is 11.5 Å². The maximum atomic E-state index is 11.0. The summed E-state index contributed by atoms with van der Waals surface area (Å²) in [5.41, 5.74) is 0.800. The van der Waals surface area contributed by atoms with Gasteiger partial charge >= 0.3 is 0 Å². The van der Waals surface area contributed by atoms with Crippen molar-refractivity contribution in [2.45, 2.75) is 18.4 Å². The molecule has 0 radical (unpaired) electrons. The second-order valence-corrected chi connectivity index (χ2v) is 5.29. The third kappa shape index (κ3) is 3.29. The normalized spacial score (nSPS) is 11.6. The van der Waals surface area contributed by atoms with Gasteiger partial charge in [0.1, 0.15) is 0 Å². The van der Waals surface area contributed by atoms with E-state index in [1.807, 2.05) is 6.92 Å². The average molecular weight is 235 g/mol. The predicted molar refractivity (Wildman–Crippen MR) is 54.8 cm³/mol. The Morgan fingerprint density at radius 1 is 1.43 bits per heavy atom. The number of hydrogen-bond donors (Lipinski definition) is 0. The molecule has 3 nitrogen and oxygen atoms in total. The molecule has 0 atom stereocenters. The minimum Gasteiger partial charge on any atom is -0.377 e. The molecule has 0 aliphatic carbocycles. The number of halogens is 1. The van der Waals surface area contributed by atoms with Gasteiger partial charge in [-0.25, -0.2) is 8.42 Å². The Morgan fingerprint density at radius 3 is 2.71 bits per heavy atom. The van der Waals surface area contributed by atoms with Gasteiger partial charge in [-0.05, 0) is 24.6 Å². The van der Waals surface area contributed by atoms with Crippen LogP contribution in [0.25, 0.3) is 0 Å². The van der Waals surface area contributed by atoms with E-state index in [-0.39, 0.29) is 4.90 Å². The maximum Gasteiger partial charge on any atom is 0.261 e. The molecule has 14 heavy (non-hydrogen) atoms. The Labute approximate surface area is 88.1 Å². The van der Waals surface area contributed by atoms with E-state index in [9.17, 15) is 8.42 Å². The molecule has 0 spiro atoms. The largest absolute Gasteiger partial charge is 0.377 e. The Morgan fingerprint density at radius 2 is 2.14 bits per heavy atom. The van der Waals surface area contributed by atoms with Gasteiger partial charge in [-0.2, -0.15) is 0 Å². The fourth-order valence-corrected chi connectivity index (χ4v) is 1.83. The molecule has 0 aliphatic heterocycles. The zero-order valence-corrected chi connectivity index (χ0v) is 9.31. The summed E-state index contributed by atoms with van der Waals surface area (Å²) in [5, 5.41) is 0. The monoisotopic (exact) mass is 234 g/mol. The van der Waals surface area contributed by atoms with E-state index in [1.165, 1.54) is 12.1 Å². The Hall–Kier alpha value is -0.580. The van der Waals surface area contributed by atoms with Gasteiger partial charge in [-0.1, -0.05) is 12.1 Å². The molecular weight excluding hydrogens is 224 g/mol. The van der Waals surface area contributed by atoms with Crippen LogP contribution in [0.3, 0.4) is 0 Å². The highest BCUT2D eigenvalue weighted by molar-refractivity contribution is 8.13. The minimum absolute atomic E-state index is 0.108. The minimum atomic E-state index is -3.63. The second kappa shape index (κ2) is 4.77. The molecule has 1 rings (SSSR count). The molecule has 0 N–H and O–H groups in total. The fourth-order valence-electron chi connectivity index (χ4n) is 1.01. The molecular formula is C9H11ClO3S. The van der Waals surface area contributed by atoms with Crippen LogP contribution in [0.4, 0.5) is 0 Å². The zero-order valence-electron chi connectivity index (χ0n) is 7.73. The summed E-state index contributed by atoms with van der Waals surface area (Å²) in [4.78, 5) is 0.108. The molecule has 0 saturated heterocycles. The van der Waals surface area contributed by atoms with Crippen LogP contribution in [0.1, 0.15) is 12.5 Å².